The van der Waals surface area contributed by atoms with Gasteiger partial charge in [0.2, 0.25) is 0 Å². The number of aryl methyl sites for hydroxylation is 1. The van der Waals surface area contributed by atoms with Gasteiger partial charge in [-0.1, -0.05) is 49.2 Å². The summed E-state index contributed by atoms with van der Waals surface area (Å²) in [6.07, 6.45) is 1.18. The summed E-state index contributed by atoms with van der Waals surface area (Å²) in [7, 11) is 0. The summed E-state index contributed by atoms with van der Waals surface area (Å²) in [4.78, 5) is 23.8. The van der Waals surface area contributed by atoms with Crippen LogP contribution in [-0.2, 0) is 11.3 Å². The van der Waals surface area contributed by atoms with Gasteiger partial charge in [-0.15, -0.1) is 0 Å². The number of carbonyl (C=O) groups excluding carboxylic acids is 1. The number of hydrogen-bond acceptors (Lipinski definition) is 6. The molecule has 9 heteroatoms. The minimum atomic E-state index is -0.512. The van der Waals surface area contributed by atoms with E-state index in [4.69, 9.17) is 43.6 Å². The average Bonchev–Trinajstić information content (AvgIpc) is 2.76. The number of anilines is 1. The van der Waals surface area contributed by atoms with Crippen LogP contribution in [0.5, 0.6) is 0 Å². The molecule has 3 N–H and O–H groups in total. The van der Waals surface area contributed by atoms with Crippen LogP contribution in [0.4, 0.5) is 10.6 Å². The van der Waals surface area contributed by atoms with Crippen LogP contribution < -0.4 is 16.0 Å². The molecule has 7 nitrogen and oxygen atoms in total. The van der Waals surface area contributed by atoms with Crippen molar-refractivity contribution in [2.24, 2.45) is 5.73 Å². The zero-order valence-corrected chi connectivity index (χ0v) is 21.8. The van der Waals surface area contributed by atoms with Crippen LogP contribution in [0.25, 0.3) is 11.3 Å². The molecule has 1 aliphatic heterocycles. The van der Waals surface area contributed by atoms with E-state index in [0.29, 0.717) is 21.4 Å². The van der Waals surface area contributed by atoms with E-state index in [-0.39, 0.29) is 18.7 Å². The highest BCUT2D eigenvalue weighted by molar-refractivity contribution is 6.43. The van der Waals surface area contributed by atoms with Crippen LogP contribution in [-0.4, -0.2) is 40.8 Å². The first-order valence-corrected chi connectivity index (χ1v) is 12.1. The van der Waals surface area contributed by atoms with Crippen molar-refractivity contribution < 1.29 is 9.53 Å². The second-order valence-electron chi connectivity index (χ2n) is 8.64. The SMILES string of the molecule is CC.Cc1nc(N2CCC(NC(=O)OC(C)(C)C)CC2)c(CN)nc1-c1cccc(Cl)c1Cl. The number of hydrogen-bond donors (Lipinski definition) is 2. The van der Waals surface area contributed by atoms with Crippen molar-refractivity contribution in [3.05, 3.63) is 39.6 Å². The lowest BCUT2D eigenvalue weighted by Crippen LogP contribution is -2.46. The maximum absolute atomic E-state index is 12.0. The molecule has 0 aliphatic carbocycles. The Morgan fingerprint density at radius 1 is 1.21 bits per heavy atom. The number of nitrogens with two attached hydrogens (primary N) is 1. The Kier molecular flexibility index (Phi) is 9.76. The van der Waals surface area contributed by atoms with Crippen LogP contribution >= 0.6 is 23.2 Å². The lowest BCUT2D eigenvalue weighted by atomic mass is 10.0. The van der Waals surface area contributed by atoms with Crippen LogP contribution in [0.2, 0.25) is 10.0 Å². The van der Waals surface area contributed by atoms with Gasteiger partial charge in [-0.3, -0.25) is 0 Å². The number of halogens is 2. The van der Waals surface area contributed by atoms with Gasteiger partial charge in [-0.05, 0) is 46.6 Å². The molecule has 1 amide bonds. The number of nitrogens with zero attached hydrogens (tertiary/aromatic N) is 3. The van der Waals surface area contributed by atoms with Gasteiger partial charge in [-0.25, -0.2) is 14.8 Å². The Bertz CT molecular complexity index is 955. The molecule has 1 aliphatic rings. The van der Waals surface area contributed by atoms with Gasteiger partial charge in [0, 0.05) is 31.2 Å². The van der Waals surface area contributed by atoms with E-state index < -0.39 is 5.60 Å². The maximum atomic E-state index is 12.0. The van der Waals surface area contributed by atoms with Crippen molar-refractivity contribution >= 4 is 35.1 Å². The largest absolute Gasteiger partial charge is 0.444 e. The minimum Gasteiger partial charge on any atom is -0.444 e. The third-order valence-electron chi connectivity index (χ3n) is 5.04. The van der Waals surface area contributed by atoms with Crippen molar-refractivity contribution in [2.75, 3.05) is 18.0 Å². The number of ether oxygens (including phenoxy) is 1. The molecule has 2 heterocycles. The summed E-state index contributed by atoms with van der Waals surface area (Å²) in [5.41, 5.74) is 8.37. The highest BCUT2D eigenvalue weighted by Gasteiger charge is 2.26. The number of aromatic nitrogens is 2. The van der Waals surface area contributed by atoms with Crippen LogP contribution in [0.1, 0.15) is 58.8 Å². The predicted octanol–water partition coefficient (Wildman–Crippen LogP) is 5.74. The Balaban J connectivity index is 0.00000187. The summed E-state index contributed by atoms with van der Waals surface area (Å²) in [5, 5.41) is 3.87. The molecular formula is C24H35Cl2N5O2. The summed E-state index contributed by atoms with van der Waals surface area (Å²) in [5.74, 6) is 0.776. The first-order valence-electron chi connectivity index (χ1n) is 11.4. The first kappa shape index (κ1) is 27.2. The van der Waals surface area contributed by atoms with E-state index in [1.165, 1.54) is 0 Å². The molecule has 1 saturated heterocycles. The summed E-state index contributed by atoms with van der Waals surface area (Å²) in [6, 6.07) is 5.51. The standard InChI is InChI=1S/C22H29Cl2N5O2.C2H6/c1-13-19(15-6-5-7-16(23)18(15)24)28-17(12-25)20(26-13)29-10-8-14(9-11-29)27-21(30)31-22(2,3)4;1-2/h5-7,14H,8-12,25H2,1-4H3,(H,27,30);1-2H3. The molecule has 33 heavy (non-hydrogen) atoms. The molecule has 0 unspecified atom stereocenters. The maximum Gasteiger partial charge on any atom is 0.407 e. The summed E-state index contributed by atoms with van der Waals surface area (Å²) < 4.78 is 5.35. The third-order valence-corrected chi connectivity index (χ3v) is 5.86. The van der Waals surface area contributed by atoms with E-state index in [9.17, 15) is 4.79 Å². The van der Waals surface area contributed by atoms with Gasteiger partial charge in [0.1, 0.15) is 5.60 Å². The van der Waals surface area contributed by atoms with E-state index >= 15 is 0 Å². The molecule has 1 aromatic carbocycles. The van der Waals surface area contributed by atoms with Crippen LogP contribution in [0.3, 0.4) is 0 Å². The third kappa shape index (κ3) is 7.19. The molecule has 0 spiro atoms. The molecule has 1 aromatic heterocycles. The van der Waals surface area contributed by atoms with Crippen LogP contribution in [0.15, 0.2) is 18.2 Å². The molecule has 0 atom stereocenters. The molecule has 1 fully saturated rings. The summed E-state index contributed by atoms with van der Waals surface area (Å²) >= 11 is 12.6. The van der Waals surface area contributed by atoms with E-state index in [2.05, 4.69) is 10.2 Å². The van der Waals surface area contributed by atoms with Gasteiger partial charge < -0.3 is 20.7 Å². The molecular weight excluding hydrogens is 461 g/mol. The monoisotopic (exact) mass is 495 g/mol. The van der Waals surface area contributed by atoms with Gasteiger partial charge in [0.25, 0.3) is 0 Å². The highest BCUT2D eigenvalue weighted by atomic mass is 35.5. The second-order valence-corrected chi connectivity index (χ2v) is 9.43. The van der Waals surface area contributed by atoms with E-state index in [1.54, 1.807) is 6.07 Å². The fraction of sp³-hybridized carbons (Fsp3) is 0.542. The Labute approximate surface area is 207 Å². The number of rotatable bonds is 4. The fourth-order valence-electron chi connectivity index (χ4n) is 3.58. The lowest BCUT2D eigenvalue weighted by Gasteiger charge is -2.34. The minimum absolute atomic E-state index is 0.0611. The van der Waals surface area contributed by atoms with Crippen LogP contribution in [0, 0.1) is 6.92 Å². The molecule has 0 radical (unpaired) electrons. The lowest BCUT2D eigenvalue weighted by molar-refractivity contribution is 0.0497. The topological polar surface area (TPSA) is 93.4 Å². The van der Waals surface area contributed by atoms with Crippen molar-refractivity contribution in [3.8, 4) is 11.3 Å². The number of carbonyl (C=O) groups is 1. The Morgan fingerprint density at radius 3 is 2.42 bits per heavy atom. The number of alkyl carbamates (subject to hydrolysis) is 1. The summed E-state index contributed by atoms with van der Waals surface area (Å²) in [6.45, 7) is 13.2. The molecule has 182 valence electrons. The molecule has 0 saturated carbocycles. The molecule has 2 aromatic rings. The fourth-order valence-corrected chi connectivity index (χ4v) is 3.97. The Hall–Kier alpha value is -2.09. The van der Waals surface area contributed by atoms with Gasteiger partial charge in [0.15, 0.2) is 5.82 Å². The van der Waals surface area contributed by atoms with Crippen molar-refractivity contribution in [3.63, 3.8) is 0 Å². The second kappa shape index (κ2) is 11.9. The van der Waals surface area contributed by atoms with Crippen molar-refractivity contribution in [1.29, 1.82) is 0 Å². The van der Waals surface area contributed by atoms with E-state index in [0.717, 1.165) is 43.0 Å². The Morgan fingerprint density at radius 2 is 1.85 bits per heavy atom. The van der Waals surface area contributed by atoms with Gasteiger partial charge >= 0.3 is 6.09 Å². The van der Waals surface area contributed by atoms with E-state index in [1.807, 2.05) is 53.7 Å². The highest BCUT2D eigenvalue weighted by Crippen LogP contribution is 2.35. The zero-order valence-electron chi connectivity index (χ0n) is 20.3. The van der Waals surface area contributed by atoms with Gasteiger partial charge in [0.05, 0.1) is 27.1 Å². The number of piperidine rings is 1. The first-order chi connectivity index (χ1) is 15.6. The normalized spacial score (nSPS) is 14.4. The van der Waals surface area contributed by atoms with Crippen molar-refractivity contribution in [2.45, 2.75) is 72.6 Å². The number of amides is 1. The number of nitrogens with one attached hydrogen (secondary N) is 1. The number of benzene rings is 1. The zero-order chi connectivity index (χ0) is 24.8. The smallest absolute Gasteiger partial charge is 0.407 e. The average molecular weight is 496 g/mol. The quantitative estimate of drug-likeness (QED) is 0.561. The molecule has 0 bridgehead atoms. The van der Waals surface area contributed by atoms with Gasteiger partial charge in [-0.2, -0.15) is 0 Å². The van der Waals surface area contributed by atoms with Crippen molar-refractivity contribution in [1.82, 2.24) is 15.3 Å². The predicted molar refractivity (Wildman–Crippen MR) is 136 cm³/mol. The molecule has 3 rings (SSSR count).